The number of aromatic nitrogens is 3. The fourth-order valence-corrected chi connectivity index (χ4v) is 14.6. The Morgan fingerprint density at radius 2 is 1.38 bits per heavy atom. The Morgan fingerprint density at radius 1 is 0.820 bits per heavy atom. The van der Waals surface area contributed by atoms with Gasteiger partial charge in [-0.15, -0.1) is 0 Å². The molecule has 2 aromatic rings. The van der Waals surface area contributed by atoms with Crippen LogP contribution < -0.4 is 21.3 Å². The molecule has 61 heavy (non-hydrogen) atoms. The number of halogens is 1. The number of nitrogens with zero attached hydrogens (tertiary/aromatic N) is 7. The van der Waals surface area contributed by atoms with Crippen LogP contribution in [0.1, 0.15) is 47.1 Å². The molecule has 22 heteroatoms. The van der Waals surface area contributed by atoms with Crippen molar-refractivity contribution in [2.45, 2.75) is 64.7 Å². The molecule has 4 bridgehead atoms. The van der Waals surface area contributed by atoms with Crippen LogP contribution in [0.4, 0.5) is 9.93 Å². The minimum absolute atomic E-state index is 0.00159. The third-order valence-electron chi connectivity index (χ3n) is 10.9. The van der Waals surface area contributed by atoms with Gasteiger partial charge in [0.2, 0.25) is 5.91 Å². The number of carbonyl (C=O) groups excluding carboxylic acids is 5. The number of nitrogens with one attached hydrogen (secondary N) is 3. The van der Waals surface area contributed by atoms with Gasteiger partial charge in [0.05, 0.1) is 25.0 Å². The molecule has 3 aliphatic heterocycles. The standard InChI is InChI=1S/C39H65FN10O9Si.Ga/c1-38(2,3)60(40,39(4,5)6)34-22-31(43-25-32(51)44-24-30-8-7-9-41-23-30)45-50(34)19-21-59-20-10-42-33(52)26-46-11-13-47(27-35(53)54)15-17-49(29-37(57)58)18-16-48(14-12-46)28-36(55)56;/h7-9,22-23H,10-21,24-29H2,1-6H3,(H,42,52)(H,43,45)(H,44,51)(H,53,54)(H,55,56)(H,57,58);/q;+3/p-3. The molecule has 19 nitrogen and oxygen atoms in total. The zero-order valence-electron chi connectivity index (χ0n) is 36.4. The summed E-state index contributed by atoms with van der Waals surface area (Å²) in [5.74, 6) is -1.88. The van der Waals surface area contributed by atoms with Gasteiger partial charge in [0, 0.05) is 25.0 Å². The fraction of sp³-hybridized carbons (Fsp3) is 0.667. The van der Waals surface area contributed by atoms with Crippen molar-refractivity contribution in [1.82, 2.24) is 45.0 Å². The van der Waals surface area contributed by atoms with Crippen molar-refractivity contribution in [2.75, 3.05) is 110 Å². The van der Waals surface area contributed by atoms with E-state index in [1.807, 2.05) is 67.2 Å². The molecule has 3 saturated heterocycles. The number of rotatable bonds is 14. The molecule has 3 fully saturated rings. The average molecular weight is 932 g/mol. The summed E-state index contributed by atoms with van der Waals surface area (Å²) in [4.78, 5) is 76.0. The molecular formula is C39H62FGaN10O9Si. The van der Waals surface area contributed by atoms with Crippen molar-refractivity contribution in [3.05, 3.63) is 36.2 Å². The first-order valence-electron chi connectivity index (χ1n) is 20.9. The van der Waals surface area contributed by atoms with Gasteiger partial charge < -0.3 is 19.5 Å². The Labute approximate surface area is 364 Å². The molecule has 0 aliphatic carbocycles. The van der Waals surface area contributed by atoms with Crippen LogP contribution in [0.5, 0.6) is 0 Å². The van der Waals surface area contributed by atoms with Crippen LogP contribution in [0.15, 0.2) is 30.6 Å². The molecule has 0 radical (unpaired) electrons. The quantitative estimate of drug-likeness (QED) is 0.127. The normalized spacial score (nSPS) is 21.2. The van der Waals surface area contributed by atoms with Gasteiger partial charge in [-0.05, 0) is 21.7 Å². The summed E-state index contributed by atoms with van der Waals surface area (Å²) >= 11 is -3.95. The van der Waals surface area contributed by atoms with E-state index in [0.717, 1.165) is 5.56 Å². The van der Waals surface area contributed by atoms with Gasteiger partial charge in [-0.2, -0.15) is 5.10 Å². The summed E-state index contributed by atoms with van der Waals surface area (Å²) in [5, 5.41) is 12.7. The molecule has 0 spiro atoms. The Hall–Kier alpha value is -3.91. The van der Waals surface area contributed by atoms with Crippen LogP contribution in [0, 0.1) is 0 Å². The maximum absolute atomic E-state index is 17.6. The van der Waals surface area contributed by atoms with E-state index in [2.05, 4.69) is 26.0 Å². The minimum Gasteiger partial charge on any atom is -0.0598 e. The third kappa shape index (κ3) is 14.3. The van der Waals surface area contributed by atoms with Gasteiger partial charge in [-0.3, -0.25) is 14.5 Å². The zero-order chi connectivity index (χ0) is 44.2. The summed E-state index contributed by atoms with van der Waals surface area (Å²) < 4.78 is 41.4. The van der Waals surface area contributed by atoms with Crippen LogP contribution in [0.25, 0.3) is 0 Å². The second-order valence-electron chi connectivity index (χ2n) is 17.6. The van der Waals surface area contributed by atoms with Crippen LogP contribution in [-0.2, 0) is 52.4 Å². The van der Waals surface area contributed by atoms with E-state index in [-0.39, 0.29) is 70.8 Å². The second-order valence-corrected chi connectivity index (χ2v) is 25.1. The molecule has 3 aliphatic rings. The molecule has 0 aromatic carbocycles. The Balaban J connectivity index is 1.15. The van der Waals surface area contributed by atoms with Gasteiger partial charge in [0.1, 0.15) is 5.82 Å². The molecule has 2 unspecified atom stereocenters. The first kappa shape index (κ1) is 48.1. The van der Waals surface area contributed by atoms with Gasteiger partial charge in [-0.1, -0.05) is 47.6 Å². The molecule has 2 amide bonds. The number of anilines is 1. The van der Waals surface area contributed by atoms with Crippen LogP contribution in [-0.4, -0.2) is 195 Å². The smallest absolute Gasteiger partial charge is 0.00882 e. The van der Waals surface area contributed by atoms with E-state index in [9.17, 15) is 24.0 Å². The van der Waals surface area contributed by atoms with Crippen LogP contribution in [0.3, 0.4) is 0 Å². The molecule has 3 N–H and O–H groups in total. The predicted octanol–water partition coefficient (Wildman–Crippen LogP) is -0.275. The van der Waals surface area contributed by atoms with Crippen molar-refractivity contribution < 1.29 is 43.4 Å². The van der Waals surface area contributed by atoms with E-state index in [0.29, 0.717) is 70.0 Å². The predicted molar refractivity (Wildman–Crippen MR) is 226 cm³/mol. The van der Waals surface area contributed by atoms with Crippen molar-refractivity contribution in [1.29, 1.82) is 0 Å². The summed E-state index contributed by atoms with van der Waals surface area (Å²) in [6.45, 7) is 16.5. The number of amides is 2. The molecule has 5 heterocycles. The van der Waals surface area contributed by atoms with Gasteiger partial charge in [-0.25, -0.2) is 0 Å². The second kappa shape index (κ2) is 21.9. The first-order chi connectivity index (χ1) is 28.9. The van der Waals surface area contributed by atoms with Crippen LogP contribution >= 0.6 is 0 Å². The van der Waals surface area contributed by atoms with E-state index in [1.54, 1.807) is 29.2 Å². The monoisotopic (exact) mass is 930 g/mol. The minimum atomic E-state index is -3.95. The number of carbonyl (C=O) groups is 5. The Morgan fingerprint density at radius 3 is 1.90 bits per heavy atom. The summed E-state index contributed by atoms with van der Waals surface area (Å²) in [7, 11) is -3.76. The number of hydrogen-bond acceptors (Lipinski definition) is 16. The maximum atomic E-state index is 17.6. The van der Waals surface area contributed by atoms with Gasteiger partial charge in [0.15, 0.2) is 0 Å². The number of ether oxygens (including phenoxy) is 1. The SMILES string of the molecule is CC(C)(C)[Si](F)(c1cc(NCC(=O)NCc2cccnc2)nn1CCOCCNC(=O)CN1CCN2CCN3CCN(CC1)CC(=O)[O][Ga]([O]C(=O)C2)[O]C(=O)C3)C(C)(C)C. The third-order valence-corrected chi connectivity index (χ3v) is 19.0. The molecule has 0 saturated carbocycles. The van der Waals surface area contributed by atoms with Gasteiger partial charge in [0.25, 0.3) is 0 Å². The van der Waals surface area contributed by atoms with E-state index in [4.69, 9.17) is 15.3 Å². The molecule has 2 aromatic heterocycles. The average Bonchev–Trinajstić information content (AvgIpc) is 3.58. The molecule has 336 valence electrons. The molecule has 2 atom stereocenters. The molecule has 5 rings (SSSR count). The van der Waals surface area contributed by atoms with E-state index in [1.165, 1.54) is 0 Å². The first-order valence-corrected chi connectivity index (χ1v) is 25.7. The largest absolute Gasteiger partial charge is 0.0598 e. The maximum Gasteiger partial charge on any atom is -0.00882 e. The summed E-state index contributed by atoms with van der Waals surface area (Å²) in [6.07, 6.45) is 3.35. The van der Waals surface area contributed by atoms with Crippen molar-refractivity contribution in [2.24, 2.45) is 0 Å². The van der Waals surface area contributed by atoms with Crippen molar-refractivity contribution in [3.8, 4) is 0 Å². The molecular weight excluding hydrogens is 869 g/mol. The zero-order valence-corrected chi connectivity index (χ0v) is 39.8. The number of pyridine rings is 1. The number of fused-ring (bicyclic) bond motifs is 7. The van der Waals surface area contributed by atoms with Crippen molar-refractivity contribution >= 4 is 66.6 Å². The van der Waals surface area contributed by atoms with E-state index < -0.39 is 53.7 Å². The van der Waals surface area contributed by atoms with E-state index >= 15 is 4.11 Å². The Kier molecular flexibility index (Phi) is 17.3. The fourth-order valence-electron chi connectivity index (χ4n) is 7.82. The summed E-state index contributed by atoms with van der Waals surface area (Å²) in [5.41, 5.74) is 0.872. The van der Waals surface area contributed by atoms with Crippen LogP contribution in [0.2, 0.25) is 10.1 Å². The summed E-state index contributed by atoms with van der Waals surface area (Å²) in [6, 6.07) is 5.40. The van der Waals surface area contributed by atoms with Crippen molar-refractivity contribution in [3.63, 3.8) is 0 Å². The Bertz CT molecular complexity index is 1770. The number of hydrogen-bond donors (Lipinski definition) is 3. The van der Waals surface area contributed by atoms with Gasteiger partial charge >= 0.3 is 196 Å². The topological polar surface area (TPSA) is 202 Å².